The van der Waals surface area contributed by atoms with E-state index in [1.54, 1.807) is 0 Å². The van der Waals surface area contributed by atoms with Gasteiger partial charge in [-0.25, -0.2) is 27.2 Å². The molecule has 0 saturated carbocycles. The Kier molecular flexibility index (Phi) is 7.76. The predicted octanol–water partition coefficient (Wildman–Crippen LogP) is 2.18. The molecule has 0 spiro atoms. The molecule has 30 heavy (non-hydrogen) atoms. The monoisotopic (exact) mass is 482 g/mol. The topological polar surface area (TPSA) is 98.4 Å². The van der Waals surface area contributed by atoms with Gasteiger partial charge in [0.15, 0.2) is 0 Å². The Morgan fingerprint density at radius 1 is 1.23 bits per heavy atom. The van der Waals surface area contributed by atoms with Gasteiger partial charge in [0.05, 0.1) is 12.3 Å². The van der Waals surface area contributed by atoms with Crippen LogP contribution in [-0.2, 0) is 27.7 Å². The van der Waals surface area contributed by atoms with Gasteiger partial charge in [0.1, 0.15) is 17.7 Å². The first-order valence-corrected chi connectivity index (χ1v) is 10.7. The summed E-state index contributed by atoms with van der Waals surface area (Å²) in [5.74, 6) is -1.08. The molecule has 3 atom stereocenters. The van der Waals surface area contributed by atoms with Gasteiger partial charge in [-0.1, -0.05) is 0 Å². The molecule has 1 fully saturated rings. The number of hydrogen-bond donors (Lipinski definition) is 1. The average molecular weight is 483 g/mol. The van der Waals surface area contributed by atoms with Crippen molar-refractivity contribution in [2.75, 3.05) is 12.9 Å². The molecule has 166 valence electrons. The Balaban J connectivity index is 0.00000160. The number of nitrogens with two attached hydrogens (primary N) is 1. The van der Waals surface area contributed by atoms with E-state index in [1.165, 1.54) is 6.20 Å². The van der Waals surface area contributed by atoms with Crippen molar-refractivity contribution in [3.8, 4) is 0 Å². The van der Waals surface area contributed by atoms with Crippen molar-refractivity contribution in [3.63, 3.8) is 0 Å². The third-order valence-electron chi connectivity index (χ3n) is 5.17. The van der Waals surface area contributed by atoms with E-state index in [9.17, 15) is 17.2 Å². The van der Waals surface area contributed by atoms with Crippen LogP contribution >= 0.6 is 24.8 Å². The van der Waals surface area contributed by atoms with E-state index in [1.807, 2.05) is 0 Å². The van der Waals surface area contributed by atoms with Crippen molar-refractivity contribution in [3.05, 3.63) is 52.9 Å². The summed E-state index contributed by atoms with van der Waals surface area (Å²) in [4.78, 5) is 10.2. The van der Waals surface area contributed by atoms with Crippen LogP contribution in [0.5, 0.6) is 0 Å². The third-order valence-corrected chi connectivity index (χ3v) is 6.03. The zero-order valence-corrected chi connectivity index (χ0v) is 18.4. The van der Waals surface area contributed by atoms with Crippen LogP contribution in [0, 0.1) is 11.6 Å². The molecule has 4 rings (SSSR count). The van der Waals surface area contributed by atoms with Crippen molar-refractivity contribution >= 4 is 34.7 Å². The zero-order chi connectivity index (χ0) is 20.1. The molecule has 1 aromatic heterocycles. The molecule has 0 unspecified atom stereocenters. The second-order valence-corrected chi connectivity index (χ2v) is 9.18. The summed E-state index contributed by atoms with van der Waals surface area (Å²) in [7, 11) is -3.47. The van der Waals surface area contributed by atoms with E-state index in [0.717, 1.165) is 30.0 Å². The van der Waals surface area contributed by atoms with Gasteiger partial charge in [-0.3, -0.25) is 4.90 Å². The minimum Gasteiger partial charge on any atom is -0.370 e. The second-order valence-electron chi connectivity index (χ2n) is 7.27. The number of halogens is 4. The molecule has 7 nitrogen and oxygen atoms in total. The van der Waals surface area contributed by atoms with Crippen LogP contribution in [0.15, 0.2) is 29.6 Å². The first-order valence-electron chi connectivity index (χ1n) is 8.83. The fourth-order valence-corrected chi connectivity index (χ4v) is 4.27. The molecular formula is C18H22Cl2F2N4O3S. The highest BCUT2D eigenvalue weighted by Gasteiger charge is 2.37. The summed E-state index contributed by atoms with van der Waals surface area (Å²) < 4.78 is 56.7. The zero-order valence-electron chi connectivity index (χ0n) is 16.0. The lowest BCUT2D eigenvalue weighted by molar-refractivity contribution is -0.0532. The first-order chi connectivity index (χ1) is 13.2. The minimum absolute atomic E-state index is 0. The van der Waals surface area contributed by atoms with Gasteiger partial charge in [-0.15, -0.1) is 24.8 Å². The molecule has 2 N–H and O–H groups in total. The fraction of sp³-hybridized carbons (Fsp3) is 0.444. The maximum absolute atomic E-state index is 14.1. The van der Waals surface area contributed by atoms with Crippen molar-refractivity contribution in [2.45, 2.75) is 42.9 Å². The number of benzene rings is 1. The van der Waals surface area contributed by atoms with E-state index < -0.39 is 33.6 Å². The minimum atomic E-state index is -3.47. The average Bonchev–Trinajstić information content (AvgIpc) is 3.06. The van der Waals surface area contributed by atoms with Crippen LogP contribution in [0.25, 0.3) is 0 Å². The van der Waals surface area contributed by atoms with E-state index in [-0.39, 0.29) is 41.6 Å². The van der Waals surface area contributed by atoms with Crippen molar-refractivity contribution in [1.82, 2.24) is 14.9 Å². The van der Waals surface area contributed by atoms with Crippen LogP contribution in [0.2, 0.25) is 0 Å². The van der Waals surface area contributed by atoms with Crippen molar-refractivity contribution < 1.29 is 21.9 Å². The Hall–Kier alpha value is -1.43. The van der Waals surface area contributed by atoms with Gasteiger partial charge in [0.25, 0.3) is 0 Å². The second kappa shape index (κ2) is 9.37. The summed E-state index contributed by atoms with van der Waals surface area (Å²) in [6.45, 7) is 1.31. The highest BCUT2D eigenvalue weighted by Crippen LogP contribution is 2.33. The van der Waals surface area contributed by atoms with Gasteiger partial charge in [0, 0.05) is 48.8 Å². The molecule has 3 heterocycles. The Morgan fingerprint density at radius 3 is 2.63 bits per heavy atom. The number of hydrogen-bond acceptors (Lipinski definition) is 7. The smallest absolute Gasteiger partial charge is 0.247 e. The van der Waals surface area contributed by atoms with Crippen LogP contribution < -0.4 is 5.73 Å². The molecular weight excluding hydrogens is 461 g/mol. The molecule has 2 aliphatic heterocycles. The number of sulfone groups is 1. The Morgan fingerprint density at radius 2 is 1.97 bits per heavy atom. The third kappa shape index (κ3) is 4.90. The summed E-state index contributed by atoms with van der Waals surface area (Å²) in [6.07, 6.45) is 2.42. The number of rotatable bonds is 3. The SMILES string of the molecule is CS(=O)(=O)c1ncc2c(n1)CN([C@@H]1CO[C@H](c3cc(F)ccc3F)[C@@H](N)C1)C2.Cl.Cl. The number of fused-ring (bicyclic) bond motifs is 1. The van der Waals surface area contributed by atoms with Crippen LogP contribution in [0.3, 0.4) is 0 Å². The van der Waals surface area contributed by atoms with Gasteiger partial charge in [-0.2, -0.15) is 0 Å². The van der Waals surface area contributed by atoms with E-state index >= 15 is 0 Å². The summed E-state index contributed by atoms with van der Waals surface area (Å²) in [5.41, 5.74) is 7.88. The van der Waals surface area contributed by atoms with Gasteiger partial charge >= 0.3 is 0 Å². The van der Waals surface area contributed by atoms with Crippen molar-refractivity contribution in [1.29, 1.82) is 0 Å². The van der Waals surface area contributed by atoms with Gasteiger partial charge in [-0.05, 0) is 24.6 Å². The molecule has 0 aliphatic carbocycles. The quantitative estimate of drug-likeness (QED) is 0.669. The molecule has 12 heteroatoms. The number of ether oxygens (including phenoxy) is 1. The summed E-state index contributed by atoms with van der Waals surface area (Å²) in [6, 6.07) is 2.70. The largest absolute Gasteiger partial charge is 0.370 e. The predicted molar refractivity (Wildman–Crippen MR) is 110 cm³/mol. The molecule has 2 aliphatic rings. The van der Waals surface area contributed by atoms with Crippen LogP contribution in [-0.4, -0.2) is 48.2 Å². The normalized spacial score (nSPS) is 23.9. The molecule has 2 aromatic rings. The van der Waals surface area contributed by atoms with Gasteiger partial charge in [0.2, 0.25) is 15.0 Å². The molecule has 1 aromatic carbocycles. The lowest BCUT2D eigenvalue weighted by Gasteiger charge is -2.38. The van der Waals surface area contributed by atoms with Crippen LogP contribution in [0.4, 0.5) is 8.78 Å². The lowest BCUT2D eigenvalue weighted by Crippen LogP contribution is -2.47. The fourth-order valence-electron chi connectivity index (χ4n) is 3.75. The molecule has 0 radical (unpaired) electrons. The number of nitrogens with zero attached hydrogens (tertiary/aromatic N) is 3. The molecule has 0 amide bonds. The van der Waals surface area contributed by atoms with E-state index in [0.29, 0.717) is 31.8 Å². The standard InChI is InChI=1S/C18H20F2N4O3S.2ClH/c1-28(25,26)18-22-6-10-7-24(8-16(10)23-18)12-5-15(21)17(27-9-12)13-4-11(19)2-3-14(13)20;;/h2-4,6,12,15,17H,5,7-9,21H2,1H3;2*1H/t12-,15-,17+;;/m0../s1. The maximum Gasteiger partial charge on any atom is 0.247 e. The lowest BCUT2D eigenvalue weighted by atomic mass is 9.93. The van der Waals surface area contributed by atoms with Crippen molar-refractivity contribution in [2.24, 2.45) is 5.73 Å². The van der Waals surface area contributed by atoms with E-state index in [4.69, 9.17) is 10.5 Å². The maximum atomic E-state index is 14.1. The molecule has 0 bridgehead atoms. The highest BCUT2D eigenvalue weighted by atomic mass is 35.5. The van der Waals surface area contributed by atoms with Gasteiger partial charge < -0.3 is 10.5 Å². The summed E-state index contributed by atoms with van der Waals surface area (Å²) >= 11 is 0. The Bertz CT molecular complexity index is 1030. The summed E-state index contributed by atoms with van der Waals surface area (Å²) in [5, 5.41) is -0.189. The van der Waals surface area contributed by atoms with Crippen LogP contribution in [0.1, 0.15) is 29.3 Å². The Labute approximate surface area is 185 Å². The first kappa shape index (κ1) is 24.8. The highest BCUT2D eigenvalue weighted by molar-refractivity contribution is 7.90. The number of aromatic nitrogens is 2. The molecule has 1 saturated heterocycles. The van der Waals surface area contributed by atoms with E-state index in [2.05, 4.69) is 14.9 Å².